The van der Waals surface area contributed by atoms with Gasteiger partial charge in [-0.25, -0.2) is 8.42 Å². The number of nitrogens with one attached hydrogen (secondary N) is 1. The van der Waals surface area contributed by atoms with Crippen LogP contribution in [0.2, 0.25) is 0 Å². The first-order valence-corrected chi connectivity index (χ1v) is 9.61. The Balaban J connectivity index is 2.36. The number of nitrogens with zero attached hydrogens (tertiary/aromatic N) is 1. The molecule has 152 valence electrons. The first-order chi connectivity index (χ1) is 12.2. The number of benzene rings is 1. The average Bonchev–Trinajstić information content (AvgIpc) is 2.52. The van der Waals surface area contributed by atoms with Crippen LogP contribution in [0, 0.1) is 0 Å². The number of amides is 1. The van der Waals surface area contributed by atoms with Crippen LogP contribution in [0.25, 0.3) is 0 Å². The number of halogens is 6. The van der Waals surface area contributed by atoms with Gasteiger partial charge >= 0.3 is 12.4 Å². The third-order valence-corrected chi connectivity index (χ3v) is 5.33. The van der Waals surface area contributed by atoms with E-state index in [2.05, 4.69) is 0 Å². The topological polar surface area (TPSA) is 66.5 Å². The van der Waals surface area contributed by atoms with E-state index in [-0.39, 0.29) is 19.0 Å². The standard InChI is InChI=1S/C15H16F6N2O3S/c1-27(25,26)23-5-3-2-4-12(23)13(24)22-11-7-9(14(16,17)18)6-10(8-11)15(19,20)21/h6-8,12H,2-5H2,1H3,(H,22,24)/t12-/m0/s1. The van der Waals surface area contributed by atoms with Crippen LogP contribution < -0.4 is 5.32 Å². The van der Waals surface area contributed by atoms with E-state index in [1.165, 1.54) is 0 Å². The first kappa shape index (κ1) is 21.5. The predicted octanol–water partition coefficient (Wildman–Crippen LogP) is 3.48. The lowest BCUT2D eigenvalue weighted by atomic mass is 10.0. The fourth-order valence-corrected chi connectivity index (χ4v) is 3.94. The van der Waals surface area contributed by atoms with E-state index in [9.17, 15) is 39.6 Å². The maximum atomic E-state index is 12.9. The SMILES string of the molecule is CS(=O)(=O)N1CCCC[C@H]1C(=O)Nc1cc(C(F)(F)F)cc(C(F)(F)F)c1. The first-order valence-electron chi connectivity index (χ1n) is 7.77. The molecule has 2 rings (SSSR count). The summed E-state index contributed by atoms with van der Waals surface area (Å²) < 4.78 is 102. The van der Waals surface area contributed by atoms with Gasteiger partial charge in [0, 0.05) is 12.2 Å². The molecular formula is C15H16F6N2O3S. The minimum atomic E-state index is -5.05. The van der Waals surface area contributed by atoms with Gasteiger partial charge in [-0.15, -0.1) is 0 Å². The Hall–Kier alpha value is -1.82. The van der Waals surface area contributed by atoms with Gasteiger partial charge in [0.2, 0.25) is 15.9 Å². The number of hydrogen-bond donors (Lipinski definition) is 1. The van der Waals surface area contributed by atoms with Crippen LogP contribution in [0.1, 0.15) is 30.4 Å². The molecule has 1 aromatic carbocycles. The zero-order valence-electron chi connectivity index (χ0n) is 14.0. The van der Waals surface area contributed by atoms with Crippen molar-refractivity contribution in [1.29, 1.82) is 0 Å². The highest BCUT2D eigenvalue weighted by Gasteiger charge is 2.38. The van der Waals surface area contributed by atoms with Crippen LogP contribution in [0.5, 0.6) is 0 Å². The predicted molar refractivity (Wildman–Crippen MR) is 84.3 cm³/mol. The number of alkyl halides is 6. The maximum Gasteiger partial charge on any atom is 0.416 e. The zero-order valence-corrected chi connectivity index (χ0v) is 14.8. The number of carbonyl (C=O) groups is 1. The summed E-state index contributed by atoms with van der Waals surface area (Å²) in [6, 6.07) is -0.502. The zero-order chi connectivity index (χ0) is 20.6. The highest BCUT2D eigenvalue weighted by molar-refractivity contribution is 7.88. The molecule has 0 bridgehead atoms. The molecule has 1 fully saturated rings. The van der Waals surface area contributed by atoms with Crippen LogP contribution in [0.4, 0.5) is 32.0 Å². The van der Waals surface area contributed by atoms with Crippen LogP contribution in [-0.4, -0.2) is 37.5 Å². The molecule has 0 saturated carbocycles. The molecule has 1 aliphatic rings. The molecule has 5 nitrogen and oxygen atoms in total. The van der Waals surface area contributed by atoms with E-state index < -0.39 is 51.1 Å². The summed E-state index contributed by atoms with van der Waals surface area (Å²) in [6.07, 6.45) is -8.11. The minimum Gasteiger partial charge on any atom is -0.325 e. The average molecular weight is 418 g/mol. The monoisotopic (exact) mass is 418 g/mol. The third-order valence-electron chi connectivity index (χ3n) is 4.04. The summed E-state index contributed by atoms with van der Waals surface area (Å²) in [5.41, 5.74) is -3.85. The molecule has 0 unspecified atom stereocenters. The van der Waals surface area contributed by atoms with Crippen molar-refractivity contribution >= 4 is 21.6 Å². The Kier molecular flexibility index (Phi) is 5.81. The van der Waals surface area contributed by atoms with Crippen molar-refractivity contribution in [3.8, 4) is 0 Å². The number of sulfonamides is 1. The Labute approximate surface area is 151 Å². The van der Waals surface area contributed by atoms with Gasteiger partial charge < -0.3 is 5.32 Å². The highest BCUT2D eigenvalue weighted by atomic mass is 32.2. The fourth-order valence-electron chi connectivity index (χ4n) is 2.82. The molecule has 1 atom stereocenters. The molecule has 1 heterocycles. The molecule has 1 saturated heterocycles. The van der Waals surface area contributed by atoms with Gasteiger partial charge in [-0.2, -0.15) is 30.6 Å². The van der Waals surface area contributed by atoms with Gasteiger partial charge in [0.05, 0.1) is 17.4 Å². The van der Waals surface area contributed by atoms with E-state index in [1.807, 2.05) is 5.32 Å². The molecular weight excluding hydrogens is 402 g/mol. The van der Waals surface area contributed by atoms with Crippen molar-refractivity contribution in [2.45, 2.75) is 37.7 Å². The lowest BCUT2D eigenvalue weighted by Crippen LogP contribution is -2.49. The summed E-state index contributed by atoms with van der Waals surface area (Å²) in [6.45, 7) is 0.0489. The summed E-state index contributed by atoms with van der Waals surface area (Å²) >= 11 is 0. The second kappa shape index (κ2) is 7.30. The quantitative estimate of drug-likeness (QED) is 0.765. The maximum absolute atomic E-state index is 12.9. The second-order valence-electron chi connectivity index (χ2n) is 6.17. The van der Waals surface area contributed by atoms with Crippen molar-refractivity contribution in [3.05, 3.63) is 29.3 Å². The summed E-state index contributed by atoms with van der Waals surface area (Å²) in [4.78, 5) is 12.4. The Morgan fingerprint density at radius 3 is 2.00 bits per heavy atom. The smallest absolute Gasteiger partial charge is 0.325 e. The molecule has 27 heavy (non-hydrogen) atoms. The molecule has 0 aromatic heterocycles. The number of piperidine rings is 1. The van der Waals surface area contributed by atoms with Gasteiger partial charge in [-0.3, -0.25) is 4.79 Å². The number of hydrogen-bond acceptors (Lipinski definition) is 3. The largest absolute Gasteiger partial charge is 0.416 e. The van der Waals surface area contributed by atoms with Gasteiger partial charge in [0.15, 0.2) is 0 Å². The van der Waals surface area contributed by atoms with E-state index in [0.29, 0.717) is 25.0 Å². The second-order valence-corrected chi connectivity index (χ2v) is 8.10. The molecule has 0 radical (unpaired) electrons. The lowest BCUT2D eigenvalue weighted by molar-refractivity contribution is -0.143. The van der Waals surface area contributed by atoms with Crippen LogP contribution >= 0.6 is 0 Å². The number of carbonyl (C=O) groups excluding carboxylic acids is 1. The van der Waals surface area contributed by atoms with E-state index in [0.717, 1.165) is 10.6 Å². The summed E-state index contributed by atoms with van der Waals surface area (Å²) in [5.74, 6) is -0.979. The minimum absolute atomic E-state index is 0.0489. The molecule has 0 spiro atoms. The van der Waals surface area contributed by atoms with Crippen LogP contribution in [0.3, 0.4) is 0 Å². The molecule has 1 amide bonds. The highest BCUT2D eigenvalue weighted by Crippen LogP contribution is 2.37. The molecule has 1 aliphatic heterocycles. The van der Waals surface area contributed by atoms with Gasteiger partial charge in [0.1, 0.15) is 6.04 Å². The van der Waals surface area contributed by atoms with Gasteiger partial charge in [-0.05, 0) is 31.0 Å². The summed E-state index contributed by atoms with van der Waals surface area (Å²) in [7, 11) is -3.76. The third kappa shape index (κ3) is 5.34. The lowest BCUT2D eigenvalue weighted by Gasteiger charge is -2.32. The van der Waals surface area contributed by atoms with E-state index >= 15 is 0 Å². The van der Waals surface area contributed by atoms with Gasteiger partial charge in [-0.1, -0.05) is 6.42 Å². The molecule has 1 aromatic rings. The Morgan fingerprint density at radius 2 is 1.56 bits per heavy atom. The van der Waals surface area contributed by atoms with Gasteiger partial charge in [0.25, 0.3) is 0 Å². The number of rotatable bonds is 3. The fraction of sp³-hybridized carbons (Fsp3) is 0.533. The Bertz CT molecular complexity index is 788. The molecule has 12 heteroatoms. The van der Waals surface area contributed by atoms with E-state index in [4.69, 9.17) is 0 Å². The number of anilines is 1. The van der Waals surface area contributed by atoms with Crippen molar-refractivity contribution in [3.63, 3.8) is 0 Å². The van der Waals surface area contributed by atoms with Crippen LogP contribution in [0.15, 0.2) is 18.2 Å². The summed E-state index contributed by atoms with van der Waals surface area (Å²) in [5, 5.41) is 1.99. The van der Waals surface area contributed by atoms with E-state index in [1.54, 1.807) is 0 Å². The normalized spacial score (nSPS) is 19.7. The van der Waals surface area contributed by atoms with Crippen molar-refractivity contribution in [1.82, 2.24) is 4.31 Å². The van der Waals surface area contributed by atoms with Crippen molar-refractivity contribution in [2.24, 2.45) is 0 Å². The van der Waals surface area contributed by atoms with Crippen LogP contribution in [-0.2, 0) is 27.2 Å². The molecule has 1 N–H and O–H groups in total. The molecule has 0 aliphatic carbocycles. The van der Waals surface area contributed by atoms with Crippen molar-refractivity contribution < 1.29 is 39.6 Å². The Morgan fingerprint density at radius 1 is 1.04 bits per heavy atom. The van der Waals surface area contributed by atoms with Crippen molar-refractivity contribution in [2.75, 3.05) is 18.1 Å².